The van der Waals surface area contributed by atoms with Crippen molar-refractivity contribution in [2.75, 3.05) is 50.7 Å². The highest BCUT2D eigenvalue weighted by molar-refractivity contribution is 5.79. The van der Waals surface area contributed by atoms with E-state index in [1.807, 2.05) is 20.0 Å². The van der Waals surface area contributed by atoms with Gasteiger partial charge in [-0.15, -0.1) is 0 Å². The van der Waals surface area contributed by atoms with Crippen molar-refractivity contribution in [2.24, 2.45) is 4.99 Å². The predicted octanol–water partition coefficient (Wildman–Crippen LogP) is 2.89. The number of aliphatic imine (C=N–C) groups is 1. The third-order valence-electron chi connectivity index (χ3n) is 5.42. The molecular weight excluding hydrogens is 407 g/mol. The van der Waals surface area contributed by atoms with Crippen LogP contribution in [0.5, 0.6) is 5.75 Å². The molecule has 1 aliphatic rings. The van der Waals surface area contributed by atoms with E-state index < -0.39 is 0 Å². The minimum atomic E-state index is -0.272. The maximum atomic E-state index is 13.0. The van der Waals surface area contributed by atoms with E-state index in [4.69, 9.17) is 4.74 Å². The van der Waals surface area contributed by atoms with Crippen LogP contribution in [0.25, 0.3) is 0 Å². The standard InChI is InChI=1S/C24H35FN6O/c1-4-26-24(28-16-19(3)32-22-9-7-21(25)8-10-22)29-18-20-6-11-23(27-17-20)31-14-12-30(5-2)13-15-31/h6-11,17,19H,4-5,12-16,18H2,1-3H3,(H2,26,28,29). The van der Waals surface area contributed by atoms with Crippen LogP contribution in [0.15, 0.2) is 47.6 Å². The summed E-state index contributed by atoms with van der Waals surface area (Å²) in [6.45, 7) is 13.4. The molecule has 0 bridgehead atoms. The Morgan fingerprint density at radius 1 is 1.09 bits per heavy atom. The van der Waals surface area contributed by atoms with Crippen LogP contribution in [0.1, 0.15) is 26.3 Å². The number of benzene rings is 1. The molecule has 0 spiro atoms. The molecule has 1 atom stereocenters. The molecule has 1 aliphatic heterocycles. The molecule has 1 aromatic heterocycles. The Labute approximate surface area is 190 Å². The number of anilines is 1. The summed E-state index contributed by atoms with van der Waals surface area (Å²) in [4.78, 5) is 14.1. The van der Waals surface area contributed by atoms with Gasteiger partial charge in [0.15, 0.2) is 5.96 Å². The van der Waals surface area contributed by atoms with E-state index in [1.165, 1.54) is 12.1 Å². The molecule has 1 aromatic carbocycles. The summed E-state index contributed by atoms with van der Waals surface area (Å²) in [6, 6.07) is 10.2. The van der Waals surface area contributed by atoms with E-state index in [1.54, 1.807) is 12.1 Å². The maximum Gasteiger partial charge on any atom is 0.191 e. The molecule has 2 heterocycles. The first-order valence-electron chi connectivity index (χ1n) is 11.4. The lowest BCUT2D eigenvalue weighted by atomic mass is 10.2. The number of rotatable bonds is 9. The average Bonchev–Trinajstić information content (AvgIpc) is 2.83. The second-order valence-corrected chi connectivity index (χ2v) is 7.90. The molecule has 174 valence electrons. The Hall–Kier alpha value is -2.87. The fraction of sp³-hybridized carbons (Fsp3) is 0.500. The molecule has 1 saturated heterocycles. The van der Waals surface area contributed by atoms with Gasteiger partial charge < -0.3 is 25.2 Å². The van der Waals surface area contributed by atoms with Crippen LogP contribution in [0.3, 0.4) is 0 Å². The topological polar surface area (TPSA) is 65.0 Å². The van der Waals surface area contributed by atoms with E-state index >= 15 is 0 Å². The smallest absolute Gasteiger partial charge is 0.191 e. The van der Waals surface area contributed by atoms with Crippen LogP contribution in [0.2, 0.25) is 0 Å². The zero-order valence-corrected chi connectivity index (χ0v) is 19.4. The van der Waals surface area contributed by atoms with Crippen LogP contribution >= 0.6 is 0 Å². The van der Waals surface area contributed by atoms with Crippen molar-refractivity contribution in [1.82, 2.24) is 20.5 Å². The van der Waals surface area contributed by atoms with Crippen molar-refractivity contribution >= 4 is 11.8 Å². The second-order valence-electron chi connectivity index (χ2n) is 7.90. The minimum Gasteiger partial charge on any atom is -0.489 e. The lowest BCUT2D eigenvalue weighted by Crippen LogP contribution is -2.46. The SMILES string of the molecule is CCNC(=NCc1ccc(N2CCN(CC)CC2)nc1)NCC(C)Oc1ccc(F)cc1. The highest BCUT2D eigenvalue weighted by atomic mass is 19.1. The van der Waals surface area contributed by atoms with Gasteiger partial charge in [-0.25, -0.2) is 14.4 Å². The Bertz CT molecular complexity index is 835. The first kappa shape index (κ1) is 23.8. The quantitative estimate of drug-likeness (QED) is 0.460. The summed E-state index contributed by atoms with van der Waals surface area (Å²) < 4.78 is 18.8. The monoisotopic (exact) mass is 442 g/mol. The number of likely N-dealkylation sites (N-methyl/N-ethyl adjacent to an activating group) is 1. The summed E-state index contributed by atoms with van der Waals surface area (Å²) >= 11 is 0. The number of hydrogen-bond donors (Lipinski definition) is 2. The van der Waals surface area contributed by atoms with Crippen LogP contribution in [-0.4, -0.2) is 67.8 Å². The lowest BCUT2D eigenvalue weighted by Gasteiger charge is -2.34. The molecule has 8 heteroatoms. The molecule has 3 rings (SSSR count). The molecule has 7 nitrogen and oxygen atoms in total. The minimum absolute atomic E-state index is 0.0987. The van der Waals surface area contributed by atoms with E-state index in [2.05, 4.69) is 49.5 Å². The summed E-state index contributed by atoms with van der Waals surface area (Å²) in [5.74, 6) is 2.13. The van der Waals surface area contributed by atoms with E-state index in [0.29, 0.717) is 18.8 Å². The normalized spacial score (nSPS) is 16.0. The van der Waals surface area contributed by atoms with Crippen molar-refractivity contribution in [3.8, 4) is 5.75 Å². The Balaban J connectivity index is 1.49. The van der Waals surface area contributed by atoms with Gasteiger partial charge >= 0.3 is 0 Å². The number of aromatic nitrogens is 1. The number of nitrogens with zero attached hydrogens (tertiary/aromatic N) is 4. The predicted molar refractivity (Wildman–Crippen MR) is 128 cm³/mol. The van der Waals surface area contributed by atoms with Crippen LogP contribution < -0.4 is 20.3 Å². The molecule has 2 N–H and O–H groups in total. The highest BCUT2D eigenvalue weighted by Gasteiger charge is 2.16. The third kappa shape index (κ3) is 7.37. The fourth-order valence-corrected chi connectivity index (χ4v) is 3.53. The van der Waals surface area contributed by atoms with Crippen molar-refractivity contribution in [2.45, 2.75) is 33.4 Å². The number of ether oxygens (including phenoxy) is 1. The van der Waals surface area contributed by atoms with Crippen LogP contribution in [0.4, 0.5) is 10.2 Å². The largest absolute Gasteiger partial charge is 0.489 e. The zero-order valence-electron chi connectivity index (χ0n) is 19.4. The van der Waals surface area contributed by atoms with Crippen molar-refractivity contribution < 1.29 is 9.13 Å². The average molecular weight is 443 g/mol. The van der Waals surface area contributed by atoms with Gasteiger partial charge in [0, 0.05) is 38.9 Å². The zero-order chi connectivity index (χ0) is 22.8. The van der Waals surface area contributed by atoms with Gasteiger partial charge in [-0.1, -0.05) is 13.0 Å². The Morgan fingerprint density at radius 3 is 2.47 bits per heavy atom. The molecule has 0 amide bonds. The summed E-state index contributed by atoms with van der Waals surface area (Å²) in [6.07, 6.45) is 1.81. The summed E-state index contributed by atoms with van der Waals surface area (Å²) in [5, 5.41) is 6.55. The molecule has 1 fully saturated rings. The second kappa shape index (κ2) is 12.2. The van der Waals surface area contributed by atoms with Gasteiger partial charge in [-0.3, -0.25) is 0 Å². The Kier molecular flexibility index (Phi) is 9.10. The van der Waals surface area contributed by atoms with Crippen LogP contribution in [-0.2, 0) is 6.54 Å². The number of nitrogens with one attached hydrogen (secondary N) is 2. The van der Waals surface area contributed by atoms with Gasteiger partial charge in [0.2, 0.25) is 0 Å². The van der Waals surface area contributed by atoms with Gasteiger partial charge in [-0.05, 0) is 56.3 Å². The lowest BCUT2D eigenvalue weighted by molar-refractivity contribution is 0.223. The van der Waals surface area contributed by atoms with Crippen molar-refractivity contribution in [3.05, 3.63) is 54.0 Å². The number of piperazine rings is 1. The molecule has 0 saturated carbocycles. The number of halogens is 1. The molecular formula is C24H35FN6O. The molecule has 2 aromatic rings. The highest BCUT2D eigenvalue weighted by Crippen LogP contribution is 2.15. The first-order valence-corrected chi connectivity index (χ1v) is 11.4. The Morgan fingerprint density at radius 2 is 1.84 bits per heavy atom. The molecule has 0 aliphatic carbocycles. The summed E-state index contributed by atoms with van der Waals surface area (Å²) in [5.41, 5.74) is 1.06. The van der Waals surface area contributed by atoms with Gasteiger partial charge in [0.25, 0.3) is 0 Å². The molecule has 0 radical (unpaired) electrons. The maximum absolute atomic E-state index is 13.0. The van der Waals surface area contributed by atoms with E-state index in [-0.39, 0.29) is 11.9 Å². The first-order chi connectivity index (χ1) is 15.6. The summed E-state index contributed by atoms with van der Waals surface area (Å²) in [7, 11) is 0. The molecule has 1 unspecified atom stereocenters. The van der Waals surface area contributed by atoms with Gasteiger partial charge in [0.1, 0.15) is 23.5 Å². The van der Waals surface area contributed by atoms with Crippen LogP contribution in [0, 0.1) is 5.82 Å². The number of hydrogen-bond acceptors (Lipinski definition) is 5. The third-order valence-corrected chi connectivity index (χ3v) is 5.42. The number of pyridine rings is 1. The van der Waals surface area contributed by atoms with Crippen molar-refractivity contribution in [1.29, 1.82) is 0 Å². The van der Waals surface area contributed by atoms with E-state index in [9.17, 15) is 4.39 Å². The fourth-order valence-electron chi connectivity index (χ4n) is 3.53. The number of guanidine groups is 1. The van der Waals surface area contributed by atoms with Gasteiger partial charge in [0.05, 0.1) is 13.1 Å². The van der Waals surface area contributed by atoms with Gasteiger partial charge in [-0.2, -0.15) is 0 Å². The van der Waals surface area contributed by atoms with Crippen molar-refractivity contribution in [3.63, 3.8) is 0 Å². The molecule has 32 heavy (non-hydrogen) atoms. The van der Waals surface area contributed by atoms with E-state index in [0.717, 1.165) is 56.6 Å².